The van der Waals surface area contributed by atoms with Gasteiger partial charge in [0.15, 0.2) is 0 Å². The van der Waals surface area contributed by atoms with E-state index < -0.39 is 0 Å². The second-order valence-electron chi connectivity index (χ2n) is 12.7. The summed E-state index contributed by atoms with van der Waals surface area (Å²) in [6, 6.07) is 27.9. The first-order chi connectivity index (χ1) is 21.1. The first-order valence-corrected chi connectivity index (χ1v) is 16.1. The number of amides is 3. The Morgan fingerprint density at radius 3 is 2.34 bits per heavy atom. The van der Waals surface area contributed by atoms with Crippen molar-refractivity contribution in [3.05, 3.63) is 107 Å². The number of para-hydroxylation sites is 1. The fourth-order valence-corrected chi connectivity index (χ4v) is 6.73. The molecule has 0 radical (unpaired) electrons. The Labute approximate surface area is 262 Å². The van der Waals surface area contributed by atoms with Crippen molar-refractivity contribution in [1.29, 1.82) is 0 Å². The van der Waals surface area contributed by atoms with Gasteiger partial charge in [0.05, 0.1) is 16.3 Å². The number of carbonyl (C=O) groups is 2. The number of nitrogens with zero attached hydrogens (tertiary/aromatic N) is 3. The molecule has 1 fully saturated rings. The molecule has 0 unspecified atom stereocenters. The molecule has 3 aromatic carbocycles. The summed E-state index contributed by atoms with van der Waals surface area (Å²) >= 11 is 1.57. The molecule has 2 aromatic heterocycles. The van der Waals surface area contributed by atoms with Crippen molar-refractivity contribution in [3.63, 3.8) is 0 Å². The van der Waals surface area contributed by atoms with Crippen LogP contribution in [-0.2, 0) is 11.8 Å². The van der Waals surface area contributed by atoms with Crippen LogP contribution in [0.4, 0.5) is 16.3 Å². The van der Waals surface area contributed by atoms with Gasteiger partial charge in [0, 0.05) is 35.0 Å². The molecule has 0 spiro atoms. The first-order valence-electron chi connectivity index (χ1n) is 15.3. The van der Waals surface area contributed by atoms with Gasteiger partial charge in [0.2, 0.25) is 0 Å². The third-order valence-electron chi connectivity index (χ3n) is 8.31. The largest absolute Gasteiger partial charge is 0.338 e. The highest BCUT2D eigenvalue weighted by Gasteiger charge is 2.26. The molecule has 0 atom stereocenters. The summed E-state index contributed by atoms with van der Waals surface area (Å²) in [6.07, 6.45) is 2.71. The van der Waals surface area contributed by atoms with E-state index in [2.05, 4.69) is 49.6 Å². The number of piperidine rings is 1. The molecule has 0 aliphatic carbocycles. The maximum atomic E-state index is 13.3. The number of thiophene rings is 1. The van der Waals surface area contributed by atoms with Crippen molar-refractivity contribution in [3.8, 4) is 5.69 Å². The van der Waals surface area contributed by atoms with Gasteiger partial charge in [-0.05, 0) is 73.4 Å². The van der Waals surface area contributed by atoms with E-state index in [1.54, 1.807) is 16.0 Å². The lowest BCUT2D eigenvalue weighted by atomic mass is 9.89. The minimum Gasteiger partial charge on any atom is -0.338 e. The van der Waals surface area contributed by atoms with E-state index in [1.165, 1.54) is 0 Å². The lowest BCUT2D eigenvalue weighted by Gasteiger charge is -2.32. The minimum atomic E-state index is -0.310. The molecule has 6 rings (SSSR count). The zero-order valence-electron chi connectivity index (χ0n) is 25.8. The summed E-state index contributed by atoms with van der Waals surface area (Å²) in [6.45, 7) is 9.87. The summed E-state index contributed by atoms with van der Waals surface area (Å²) in [5, 5.41) is 12.1. The summed E-state index contributed by atoms with van der Waals surface area (Å²) in [5.74, 6) is 1.18. The molecule has 3 heterocycles. The van der Waals surface area contributed by atoms with Crippen molar-refractivity contribution in [2.24, 2.45) is 5.92 Å². The van der Waals surface area contributed by atoms with Crippen LogP contribution in [0.2, 0.25) is 0 Å². The van der Waals surface area contributed by atoms with Crippen LogP contribution in [0.3, 0.4) is 0 Å². The van der Waals surface area contributed by atoms with E-state index >= 15 is 0 Å². The van der Waals surface area contributed by atoms with Crippen LogP contribution in [0.25, 0.3) is 15.8 Å². The number of hydrogen-bond acceptors (Lipinski definition) is 4. The number of nitrogens with one attached hydrogen (secondary N) is 2. The predicted molar refractivity (Wildman–Crippen MR) is 180 cm³/mol. The number of urea groups is 1. The minimum absolute atomic E-state index is 0.128. The molecule has 8 heteroatoms. The molecule has 0 saturated carbocycles. The van der Waals surface area contributed by atoms with Gasteiger partial charge >= 0.3 is 6.03 Å². The molecule has 44 heavy (non-hydrogen) atoms. The highest BCUT2D eigenvalue weighted by Crippen LogP contribution is 2.31. The van der Waals surface area contributed by atoms with Gasteiger partial charge < -0.3 is 10.2 Å². The first kappa shape index (κ1) is 29.6. The van der Waals surface area contributed by atoms with Crippen molar-refractivity contribution in [2.75, 3.05) is 23.7 Å². The Hall–Kier alpha value is -4.43. The van der Waals surface area contributed by atoms with E-state index in [4.69, 9.17) is 5.10 Å². The molecular weight excluding hydrogens is 566 g/mol. The van der Waals surface area contributed by atoms with Gasteiger partial charge in [-0.2, -0.15) is 5.10 Å². The molecule has 1 aliphatic heterocycles. The third-order valence-corrected chi connectivity index (χ3v) is 9.41. The molecule has 0 bridgehead atoms. The van der Waals surface area contributed by atoms with Crippen LogP contribution in [0.5, 0.6) is 0 Å². The van der Waals surface area contributed by atoms with E-state index in [0.29, 0.717) is 11.7 Å². The van der Waals surface area contributed by atoms with Gasteiger partial charge in [-0.15, -0.1) is 11.3 Å². The van der Waals surface area contributed by atoms with Crippen molar-refractivity contribution < 1.29 is 9.59 Å². The summed E-state index contributed by atoms with van der Waals surface area (Å²) in [7, 11) is 0. The molecule has 3 amide bonds. The zero-order chi connectivity index (χ0) is 30.8. The molecule has 1 saturated heterocycles. The maximum absolute atomic E-state index is 13.3. The Bertz CT molecular complexity index is 1760. The SMILES string of the molecule is Cc1ccc(-n2nc(C(C)(C)C)cc2NC(=O)Nc2ccccc2CC2CCN(C(=O)c3cc4ccccc4s3)CC2)cc1. The second kappa shape index (κ2) is 12.3. The van der Waals surface area contributed by atoms with Gasteiger partial charge in [-0.3, -0.25) is 10.1 Å². The quantitative estimate of drug-likeness (QED) is 0.204. The number of benzene rings is 3. The maximum Gasteiger partial charge on any atom is 0.324 e. The number of likely N-dealkylation sites (tertiary alicyclic amines) is 1. The average molecular weight is 606 g/mol. The Morgan fingerprint density at radius 1 is 0.909 bits per heavy atom. The number of carbonyl (C=O) groups excluding carboxylic acids is 2. The van der Waals surface area contributed by atoms with Crippen molar-refractivity contribution in [1.82, 2.24) is 14.7 Å². The monoisotopic (exact) mass is 605 g/mol. The number of fused-ring (bicyclic) bond motifs is 1. The van der Waals surface area contributed by atoms with Gasteiger partial charge in [0.25, 0.3) is 5.91 Å². The van der Waals surface area contributed by atoms with Crippen LogP contribution >= 0.6 is 11.3 Å². The highest BCUT2D eigenvalue weighted by atomic mass is 32.1. The van der Waals surface area contributed by atoms with Gasteiger partial charge in [0.1, 0.15) is 5.82 Å². The predicted octanol–water partition coefficient (Wildman–Crippen LogP) is 8.43. The third kappa shape index (κ3) is 6.55. The van der Waals surface area contributed by atoms with E-state index in [0.717, 1.165) is 75.5 Å². The van der Waals surface area contributed by atoms with Crippen molar-refractivity contribution in [2.45, 2.75) is 52.4 Å². The zero-order valence-corrected chi connectivity index (χ0v) is 26.6. The topological polar surface area (TPSA) is 79.3 Å². The molecular formula is C36H39N5O2S. The van der Waals surface area contributed by atoms with Crippen molar-refractivity contribution >= 4 is 44.9 Å². The van der Waals surface area contributed by atoms with Crippen LogP contribution in [0.15, 0.2) is 84.9 Å². The number of aryl methyl sites for hydroxylation is 1. The number of hydrogen-bond donors (Lipinski definition) is 2. The normalized spacial score (nSPS) is 14.1. The Kier molecular flexibility index (Phi) is 8.27. The van der Waals surface area contributed by atoms with Crippen LogP contribution < -0.4 is 10.6 Å². The molecule has 1 aliphatic rings. The van der Waals surface area contributed by atoms with Crippen LogP contribution in [0, 0.1) is 12.8 Å². The number of anilines is 2. The Balaban J connectivity index is 1.10. The average Bonchev–Trinajstić information content (AvgIpc) is 3.63. The smallest absolute Gasteiger partial charge is 0.324 e. The van der Waals surface area contributed by atoms with Gasteiger partial charge in [-0.25, -0.2) is 9.48 Å². The standard InChI is InChI=1S/C36H39N5O2S/c1-24-13-15-28(16-14-24)41-33(23-32(39-41)36(2,3)4)38-35(43)37-29-11-7-5-9-26(29)21-25-17-19-40(20-18-25)34(42)31-22-27-10-6-8-12-30(27)44-31/h5-16,22-23,25H,17-21H2,1-4H3,(H2,37,38,43). The number of rotatable bonds is 6. The molecule has 7 nitrogen and oxygen atoms in total. The second-order valence-corrected chi connectivity index (χ2v) is 13.8. The highest BCUT2D eigenvalue weighted by molar-refractivity contribution is 7.20. The summed E-state index contributed by atoms with van der Waals surface area (Å²) in [4.78, 5) is 29.4. The molecule has 226 valence electrons. The number of aromatic nitrogens is 2. The fraction of sp³-hybridized carbons (Fsp3) is 0.306. The Morgan fingerprint density at radius 2 is 1.61 bits per heavy atom. The summed E-state index contributed by atoms with van der Waals surface area (Å²) < 4.78 is 2.94. The molecule has 5 aromatic rings. The lowest BCUT2D eigenvalue weighted by molar-refractivity contribution is 0.0695. The molecule has 2 N–H and O–H groups in total. The summed E-state index contributed by atoms with van der Waals surface area (Å²) in [5.41, 5.74) is 4.66. The lowest BCUT2D eigenvalue weighted by Crippen LogP contribution is -2.38. The fourth-order valence-electron chi connectivity index (χ4n) is 5.70. The van der Waals surface area contributed by atoms with E-state index in [9.17, 15) is 9.59 Å². The van der Waals surface area contributed by atoms with Gasteiger partial charge in [-0.1, -0.05) is 74.9 Å². The van der Waals surface area contributed by atoms with Crippen LogP contribution in [-0.4, -0.2) is 39.7 Å². The van der Waals surface area contributed by atoms with E-state index in [1.807, 2.05) is 78.6 Å². The van der Waals surface area contributed by atoms with Crippen LogP contribution in [0.1, 0.15) is 60.1 Å². The van der Waals surface area contributed by atoms with E-state index in [-0.39, 0.29) is 17.4 Å².